The summed E-state index contributed by atoms with van der Waals surface area (Å²) in [4.78, 5) is 4.63. The lowest BCUT2D eigenvalue weighted by Crippen LogP contribution is -2.29. The Labute approximate surface area is 113 Å². The van der Waals surface area contributed by atoms with Crippen LogP contribution in [0.1, 0.15) is 12.0 Å². The zero-order chi connectivity index (χ0) is 13.1. The van der Waals surface area contributed by atoms with E-state index in [9.17, 15) is 0 Å². The Kier molecular flexibility index (Phi) is 4.09. The Balaban J connectivity index is 2.20. The molecule has 0 bridgehead atoms. The van der Waals surface area contributed by atoms with Crippen molar-refractivity contribution in [3.05, 3.63) is 28.8 Å². The molecule has 3 N–H and O–H groups in total. The molecule has 0 unspecified atom stereocenters. The van der Waals surface area contributed by atoms with Crippen LogP contribution >= 0.6 is 11.6 Å². The molecule has 98 valence electrons. The Hall–Kier alpha value is -1.26. The zero-order valence-electron chi connectivity index (χ0n) is 10.6. The van der Waals surface area contributed by atoms with E-state index >= 15 is 0 Å². The van der Waals surface area contributed by atoms with Crippen molar-refractivity contribution in [1.82, 2.24) is 4.90 Å². The maximum absolute atomic E-state index is 7.41. The van der Waals surface area contributed by atoms with Crippen molar-refractivity contribution >= 4 is 23.1 Å². The van der Waals surface area contributed by atoms with Gasteiger partial charge in [0.25, 0.3) is 0 Å². The summed E-state index contributed by atoms with van der Waals surface area (Å²) >= 11 is 6.29. The third kappa shape index (κ3) is 2.94. The van der Waals surface area contributed by atoms with Gasteiger partial charge in [-0.3, -0.25) is 5.41 Å². The number of anilines is 1. The van der Waals surface area contributed by atoms with Gasteiger partial charge in [-0.25, -0.2) is 0 Å². The summed E-state index contributed by atoms with van der Waals surface area (Å²) in [5.41, 5.74) is 7.17. The van der Waals surface area contributed by atoms with Crippen molar-refractivity contribution in [2.45, 2.75) is 6.42 Å². The molecule has 4 nitrogen and oxygen atoms in total. The molecule has 0 spiro atoms. The van der Waals surface area contributed by atoms with Crippen LogP contribution in [-0.2, 0) is 0 Å². The molecular formula is C13H19ClN4. The largest absolute Gasteiger partial charge is 0.384 e. The highest BCUT2D eigenvalue weighted by atomic mass is 35.5. The van der Waals surface area contributed by atoms with Gasteiger partial charge in [0, 0.05) is 25.2 Å². The van der Waals surface area contributed by atoms with Crippen LogP contribution in [0.15, 0.2) is 18.2 Å². The van der Waals surface area contributed by atoms with Crippen molar-refractivity contribution < 1.29 is 0 Å². The highest BCUT2D eigenvalue weighted by Crippen LogP contribution is 2.27. The fourth-order valence-electron chi connectivity index (χ4n) is 2.22. The number of hydrogen-bond donors (Lipinski definition) is 2. The molecular weight excluding hydrogens is 248 g/mol. The fraction of sp³-hybridized carbons (Fsp3) is 0.462. The van der Waals surface area contributed by atoms with Crippen molar-refractivity contribution in [3.8, 4) is 0 Å². The molecule has 1 aromatic carbocycles. The Morgan fingerprint density at radius 2 is 2.06 bits per heavy atom. The van der Waals surface area contributed by atoms with E-state index in [0.717, 1.165) is 38.3 Å². The molecule has 0 amide bonds. The molecule has 5 heteroatoms. The fourth-order valence-corrected chi connectivity index (χ4v) is 2.52. The molecule has 0 aliphatic carbocycles. The van der Waals surface area contributed by atoms with Crippen molar-refractivity contribution in [2.24, 2.45) is 5.73 Å². The second-order valence-corrected chi connectivity index (χ2v) is 5.13. The van der Waals surface area contributed by atoms with Crippen LogP contribution in [0, 0.1) is 5.41 Å². The Bertz CT molecular complexity index is 447. The molecule has 0 atom stereocenters. The molecule has 0 saturated carbocycles. The third-order valence-corrected chi connectivity index (χ3v) is 3.62. The number of rotatable bonds is 2. The Morgan fingerprint density at radius 3 is 2.72 bits per heavy atom. The highest BCUT2D eigenvalue weighted by Gasteiger charge is 2.15. The number of benzene rings is 1. The summed E-state index contributed by atoms with van der Waals surface area (Å²) in [6.07, 6.45) is 1.14. The smallest absolute Gasteiger partial charge is 0.122 e. The van der Waals surface area contributed by atoms with Gasteiger partial charge in [0.2, 0.25) is 0 Å². The lowest BCUT2D eigenvalue weighted by molar-refractivity contribution is 0.360. The van der Waals surface area contributed by atoms with Crippen LogP contribution < -0.4 is 10.6 Å². The van der Waals surface area contributed by atoms with Gasteiger partial charge in [-0.15, -0.1) is 0 Å². The SMILES string of the molecule is CN1CCCN(c2ccc(C(=N)N)cc2Cl)CC1. The van der Waals surface area contributed by atoms with Crippen molar-refractivity contribution in [1.29, 1.82) is 5.41 Å². The maximum atomic E-state index is 7.41. The number of nitrogens with one attached hydrogen (secondary N) is 1. The summed E-state index contributed by atoms with van der Waals surface area (Å²) in [5, 5.41) is 8.08. The van der Waals surface area contributed by atoms with Gasteiger partial charge in [0.1, 0.15) is 5.84 Å². The minimum Gasteiger partial charge on any atom is -0.384 e. The molecule has 1 fully saturated rings. The lowest BCUT2D eigenvalue weighted by atomic mass is 10.1. The highest BCUT2D eigenvalue weighted by molar-refractivity contribution is 6.33. The van der Waals surface area contributed by atoms with E-state index < -0.39 is 0 Å². The van der Waals surface area contributed by atoms with E-state index in [1.165, 1.54) is 0 Å². The van der Waals surface area contributed by atoms with Crippen LogP contribution in [0.5, 0.6) is 0 Å². The minimum atomic E-state index is 0.0547. The molecule has 1 saturated heterocycles. The average molecular weight is 267 g/mol. The predicted molar refractivity (Wildman–Crippen MR) is 76.8 cm³/mol. The third-order valence-electron chi connectivity index (χ3n) is 3.32. The molecule has 1 heterocycles. The van der Waals surface area contributed by atoms with Gasteiger partial charge >= 0.3 is 0 Å². The van der Waals surface area contributed by atoms with E-state index in [4.69, 9.17) is 22.7 Å². The molecule has 18 heavy (non-hydrogen) atoms. The first kappa shape index (κ1) is 13.2. The molecule has 1 aromatic rings. The van der Waals surface area contributed by atoms with Crippen LogP contribution in [0.2, 0.25) is 5.02 Å². The first-order valence-electron chi connectivity index (χ1n) is 6.15. The zero-order valence-corrected chi connectivity index (χ0v) is 11.4. The quantitative estimate of drug-likeness (QED) is 0.634. The summed E-state index contributed by atoms with van der Waals surface area (Å²) < 4.78 is 0. The van der Waals surface area contributed by atoms with E-state index in [0.29, 0.717) is 10.6 Å². The van der Waals surface area contributed by atoms with Gasteiger partial charge in [0.15, 0.2) is 0 Å². The summed E-state index contributed by atoms with van der Waals surface area (Å²) in [6.45, 7) is 4.17. The standard InChI is InChI=1S/C13H19ClN4/c1-17-5-2-6-18(8-7-17)12-4-3-10(13(15)16)9-11(12)14/h3-4,9H,2,5-8H2,1H3,(H3,15,16). The van der Waals surface area contributed by atoms with Gasteiger partial charge in [-0.1, -0.05) is 11.6 Å². The van der Waals surface area contributed by atoms with E-state index in [2.05, 4.69) is 16.8 Å². The van der Waals surface area contributed by atoms with Crippen LogP contribution in [0.3, 0.4) is 0 Å². The van der Waals surface area contributed by atoms with Gasteiger partial charge in [0.05, 0.1) is 10.7 Å². The first-order chi connectivity index (χ1) is 8.58. The number of nitrogens with two attached hydrogens (primary N) is 1. The number of likely N-dealkylation sites (N-methyl/N-ethyl adjacent to an activating group) is 1. The number of nitrogen functional groups attached to an aromatic ring is 1. The second kappa shape index (κ2) is 5.59. The number of halogens is 1. The normalized spacial score (nSPS) is 17.6. The molecule has 2 rings (SSSR count). The summed E-state index contributed by atoms with van der Waals surface area (Å²) in [6, 6.07) is 5.59. The van der Waals surface area contributed by atoms with Crippen LogP contribution in [-0.4, -0.2) is 44.0 Å². The van der Waals surface area contributed by atoms with E-state index in [-0.39, 0.29) is 5.84 Å². The lowest BCUT2D eigenvalue weighted by Gasteiger charge is -2.24. The number of amidine groups is 1. The Morgan fingerprint density at radius 1 is 1.28 bits per heavy atom. The molecule has 1 aliphatic rings. The minimum absolute atomic E-state index is 0.0547. The monoisotopic (exact) mass is 266 g/mol. The van der Waals surface area contributed by atoms with Gasteiger partial charge < -0.3 is 15.5 Å². The number of hydrogen-bond acceptors (Lipinski definition) is 3. The first-order valence-corrected chi connectivity index (χ1v) is 6.53. The van der Waals surface area contributed by atoms with Crippen LogP contribution in [0.4, 0.5) is 5.69 Å². The van der Waals surface area contributed by atoms with Crippen LogP contribution in [0.25, 0.3) is 0 Å². The molecule has 0 aromatic heterocycles. The van der Waals surface area contributed by atoms with Crippen molar-refractivity contribution in [2.75, 3.05) is 38.1 Å². The number of nitrogens with zero attached hydrogens (tertiary/aromatic N) is 2. The van der Waals surface area contributed by atoms with E-state index in [1.807, 2.05) is 12.1 Å². The molecule has 1 aliphatic heterocycles. The molecule has 0 radical (unpaired) electrons. The van der Waals surface area contributed by atoms with Crippen molar-refractivity contribution in [3.63, 3.8) is 0 Å². The average Bonchev–Trinajstić information content (AvgIpc) is 2.54. The predicted octanol–water partition coefficient (Wildman–Crippen LogP) is 1.77. The van der Waals surface area contributed by atoms with Gasteiger partial charge in [-0.2, -0.15) is 0 Å². The second-order valence-electron chi connectivity index (χ2n) is 4.72. The maximum Gasteiger partial charge on any atom is 0.122 e. The summed E-state index contributed by atoms with van der Waals surface area (Å²) in [7, 11) is 2.14. The van der Waals surface area contributed by atoms with E-state index in [1.54, 1.807) is 6.07 Å². The summed E-state index contributed by atoms with van der Waals surface area (Å²) in [5.74, 6) is 0.0547. The topological polar surface area (TPSA) is 56.4 Å². The van der Waals surface area contributed by atoms with Gasteiger partial charge in [-0.05, 0) is 38.2 Å².